The number of anilines is 1. The molecule has 128 valence electrons. The highest BCUT2D eigenvalue weighted by Crippen LogP contribution is 2.26. The van der Waals surface area contributed by atoms with Gasteiger partial charge in [0.2, 0.25) is 5.91 Å². The molecule has 25 heavy (non-hydrogen) atoms. The van der Waals surface area contributed by atoms with Crippen LogP contribution in [0.1, 0.15) is 24.7 Å². The Bertz CT molecular complexity index is 997. The summed E-state index contributed by atoms with van der Waals surface area (Å²) in [5.74, 6) is 0.452. The Morgan fingerprint density at radius 3 is 2.64 bits per heavy atom. The standard InChI is InChI=1S/C19H18ClN3O2/c1-3-18(24)22-17-9-14-16(10-15(17)20)21-12(2)23(19(14)25)11-13-7-5-4-6-8-13/h4-10H,3,11H2,1-2H3,(H,22,24). The number of aryl methyl sites for hydroxylation is 1. The Morgan fingerprint density at radius 2 is 1.96 bits per heavy atom. The van der Waals surface area contributed by atoms with E-state index in [0.717, 1.165) is 5.56 Å². The third kappa shape index (κ3) is 3.56. The molecule has 1 amide bonds. The van der Waals surface area contributed by atoms with Crippen LogP contribution in [0.5, 0.6) is 0 Å². The average Bonchev–Trinajstić information content (AvgIpc) is 2.61. The van der Waals surface area contributed by atoms with Gasteiger partial charge in [0.25, 0.3) is 5.56 Å². The number of halogens is 1. The van der Waals surface area contributed by atoms with Gasteiger partial charge in [-0.15, -0.1) is 0 Å². The summed E-state index contributed by atoms with van der Waals surface area (Å²) in [6.07, 6.45) is 0.332. The van der Waals surface area contributed by atoms with Crippen LogP contribution in [-0.2, 0) is 11.3 Å². The molecule has 0 aliphatic carbocycles. The normalized spacial score (nSPS) is 10.8. The molecule has 1 heterocycles. The quantitative estimate of drug-likeness (QED) is 0.775. The molecule has 0 aliphatic rings. The van der Waals surface area contributed by atoms with Crippen molar-refractivity contribution in [3.63, 3.8) is 0 Å². The lowest BCUT2D eigenvalue weighted by molar-refractivity contribution is -0.115. The fraction of sp³-hybridized carbons (Fsp3) is 0.211. The van der Waals surface area contributed by atoms with E-state index < -0.39 is 0 Å². The molecule has 5 nitrogen and oxygen atoms in total. The first-order valence-electron chi connectivity index (χ1n) is 8.04. The highest BCUT2D eigenvalue weighted by molar-refractivity contribution is 6.34. The summed E-state index contributed by atoms with van der Waals surface area (Å²) < 4.78 is 1.62. The van der Waals surface area contributed by atoms with Crippen LogP contribution in [0.15, 0.2) is 47.3 Å². The number of amides is 1. The van der Waals surface area contributed by atoms with E-state index in [2.05, 4.69) is 10.3 Å². The summed E-state index contributed by atoms with van der Waals surface area (Å²) in [5, 5.41) is 3.51. The monoisotopic (exact) mass is 355 g/mol. The smallest absolute Gasteiger partial charge is 0.261 e. The molecule has 0 unspecified atom stereocenters. The molecule has 0 saturated heterocycles. The minimum absolute atomic E-state index is 0.157. The molecule has 6 heteroatoms. The van der Waals surface area contributed by atoms with E-state index >= 15 is 0 Å². The van der Waals surface area contributed by atoms with Gasteiger partial charge in [0.1, 0.15) is 5.82 Å². The molecule has 0 bridgehead atoms. The second-order valence-electron chi connectivity index (χ2n) is 5.79. The molecule has 0 radical (unpaired) electrons. The third-order valence-corrected chi connectivity index (χ3v) is 4.33. The summed E-state index contributed by atoms with van der Waals surface area (Å²) >= 11 is 6.21. The number of benzene rings is 2. The van der Waals surface area contributed by atoms with Gasteiger partial charge in [-0.3, -0.25) is 14.2 Å². The highest BCUT2D eigenvalue weighted by Gasteiger charge is 2.13. The van der Waals surface area contributed by atoms with Gasteiger partial charge >= 0.3 is 0 Å². The molecule has 0 aliphatic heterocycles. The van der Waals surface area contributed by atoms with Gasteiger partial charge in [-0.2, -0.15) is 0 Å². The number of carbonyl (C=O) groups is 1. The van der Waals surface area contributed by atoms with Crippen molar-refractivity contribution in [1.82, 2.24) is 9.55 Å². The molecule has 3 rings (SSSR count). The summed E-state index contributed by atoms with van der Waals surface area (Å²) in [6.45, 7) is 3.99. The van der Waals surface area contributed by atoms with E-state index in [1.807, 2.05) is 30.3 Å². The van der Waals surface area contributed by atoms with Gasteiger partial charge in [-0.25, -0.2) is 4.98 Å². The first kappa shape index (κ1) is 17.2. The van der Waals surface area contributed by atoms with E-state index in [1.165, 1.54) is 0 Å². The van der Waals surface area contributed by atoms with Crippen molar-refractivity contribution in [2.45, 2.75) is 26.8 Å². The van der Waals surface area contributed by atoms with Gasteiger partial charge in [0.05, 0.1) is 28.2 Å². The van der Waals surface area contributed by atoms with Crippen molar-refractivity contribution in [2.24, 2.45) is 0 Å². The van der Waals surface area contributed by atoms with E-state index in [9.17, 15) is 9.59 Å². The zero-order valence-corrected chi connectivity index (χ0v) is 14.8. The van der Waals surface area contributed by atoms with Crippen LogP contribution in [0, 0.1) is 6.92 Å². The van der Waals surface area contributed by atoms with Gasteiger partial charge in [0.15, 0.2) is 0 Å². The van der Waals surface area contributed by atoms with Crippen molar-refractivity contribution in [2.75, 3.05) is 5.32 Å². The van der Waals surface area contributed by atoms with Crippen LogP contribution in [0.4, 0.5) is 5.69 Å². The Balaban J connectivity index is 2.12. The number of aromatic nitrogens is 2. The lowest BCUT2D eigenvalue weighted by Crippen LogP contribution is -2.24. The average molecular weight is 356 g/mol. The summed E-state index contributed by atoms with van der Waals surface area (Å²) in [5.41, 5.74) is 1.80. The third-order valence-electron chi connectivity index (χ3n) is 4.01. The van der Waals surface area contributed by atoms with E-state index in [1.54, 1.807) is 30.5 Å². The minimum atomic E-state index is -0.161. The highest BCUT2D eigenvalue weighted by atomic mass is 35.5. The number of hydrogen-bond donors (Lipinski definition) is 1. The van der Waals surface area contributed by atoms with Crippen molar-refractivity contribution in [3.8, 4) is 0 Å². The lowest BCUT2D eigenvalue weighted by Gasteiger charge is -2.13. The van der Waals surface area contributed by atoms with Gasteiger partial charge in [-0.1, -0.05) is 48.9 Å². The van der Waals surface area contributed by atoms with E-state index in [0.29, 0.717) is 40.4 Å². The number of hydrogen-bond acceptors (Lipinski definition) is 3. The molecular formula is C19H18ClN3O2. The van der Waals surface area contributed by atoms with Gasteiger partial charge in [-0.05, 0) is 24.6 Å². The molecule has 0 saturated carbocycles. The SMILES string of the molecule is CCC(=O)Nc1cc2c(=O)n(Cc3ccccc3)c(C)nc2cc1Cl. The topological polar surface area (TPSA) is 64.0 Å². The number of nitrogens with zero attached hydrogens (tertiary/aromatic N) is 2. The fourth-order valence-electron chi connectivity index (χ4n) is 2.64. The first-order chi connectivity index (χ1) is 12.0. The molecule has 1 N–H and O–H groups in total. The molecule has 0 atom stereocenters. The second-order valence-corrected chi connectivity index (χ2v) is 6.19. The van der Waals surface area contributed by atoms with E-state index in [4.69, 9.17) is 11.6 Å². The van der Waals surface area contributed by atoms with Crippen molar-refractivity contribution in [3.05, 3.63) is 69.2 Å². The number of nitrogens with one attached hydrogen (secondary N) is 1. The van der Waals surface area contributed by atoms with Crippen LogP contribution < -0.4 is 10.9 Å². The van der Waals surface area contributed by atoms with Crippen LogP contribution in [0.2, 0.25) is 5.02 Å². The predicted octanol–water partition coefficient (Wildman–Crippen LogP) is 3.76. The van der Waals surface area contributed by atoms with Crippen molar-refractivity contribution >= 4 is 34.1 Å². The Hall–Kier alpha value is -2.66. The van der Waals surface area contributed by atoms with Gasteiger partial charge < -0.3 is 5.32 Å². The molecule has 0 fully saturated rings. The maximum Gasteiger partial charge on any atom is 0.261 e. The molecule has 1 aromatic heterocycles. The Morgan fingerprint density at radius 1 is 1.24 bits per heavy atom. The zero-order chi connectivity index (χ0) is 18.0. The zero-order valence-electron chi connectivity index (χ0n) is 14.0. The minimum Gasteiger partial charge on any atom is -0.325 e. The summed E-state index contributed by atoms with van der Waals surface area (Å²) in [7, 11) is 0. The molecule has 2 aromatic carbocycles. The van der Waals surface area contributed by atoms with Crippen molar-refractivity contribution < 1.29 is 4.79 Å². The maximum atomic E-state index is 12.9. The second kappa shape index (κ2) is 7.07. The molecule has 3 aromatic rings. The largest absolute Gasteiger partial charge is 0.325 e. The Labute approximate surface area is 150 Å². The van der Waals surface area contributed by atoms with Crippen molar-refractivity contribution in [1.29, 1.82) is 0 Å². The van der Waals surface area contributed by atoms with Crippen LogP contribution in [-0.4, -0.2) is 15.5 Å². The Kier molecular flexibility index (Phi) is 4.86. The van der Waals surface area contributed by atoms with E-state index in [-0.39, 0.29) is 11.5 Å². The fourth-order valence-corrected chi connectivity index (χ4v) is 2.85. The van der Waals surface area contributed by atoms with Crippen LogP contribution in [0.25, 0.3) is 10.9 Å². The lowest BCUT2D eigenvalue weighted by atomic mass is 10.2. The number of carbonyl (C=O) groups excluding carboxylic acids is 1. The summed E-state index contributed by atoms with van der Waals surface area (Å²) in [4.78, 5) is 29.1. The predicted molar refractivity (Wildman–Crippen MR) is 100 cm³/mol. The van der Waals surface area contributed by atoms with Gasteiger partial charge in [0, 0.05) is 6.42 Å². The van der Waals surface area contributed by atoms with Crippen LogP contribution in [0.3, 0.4) is 0 Å². The van der Waals surface area contributed by atoms with Crippen LogP contribution >= 0.6 is 11.6 Å². The number of fused-ring (bicyclic) bond motifs is 1. The number of rotatable bonds is 4. The summed E-state index contributed by atoms with van der Waals surface area (Å²) in [6, 6.07) is 12.9. The molecule has 0 spiro atoms. The first-order valence-corrected chi connectivity index (χ1v) is 8.42. The molecular weight excluding hydrogens is 338 g/mol. The maximum absolute atomic E-state index is 12.9.